The molecule has 1 aliphatic heterocycles. The first-order valence-electron chi connectivity index (χ1n) is 6.70. The highest BCUT2D eigenvalue weighted by atomic mass is 35.5. The molecule has 7 heteroatoms. The summed E-state index contributed by atoms with van der Waals surface area (Å²) in [5.74, 6) is -0.212. The molecule has 0 aromatic heterocycles. The van der Waals surface area contributed by atoms with Gasteiger partial charge in [0.15, 0.2) is 0 Å². The number of hydrogen-bond donors (Lipinski definition) is 1. The summed E-state index contributed by atoms with van der Waals surface area (Å²) in [6.07, 6.45) is 0.0840. The molecule has 1 amide bonds. The lowest BCUT2D eigenvalue weighted by Crippen LogP contribution is -2.41. The van der Waals surface area contributed by atoms with Gasteiger partial charge in [-0.25, -0.2) is 4.39 Å². The Bertz CT molecular complexity index is 336. The lowest BCUT2D eigenvalue weighted by Gasteiger charge is -2.19. The van der Waals surface area contributed by atoms with Crippen LogP contribution in [0.3, 0.4) is 0 Å². The van der Waals surface area contributed by atoms with Crippen molar-refractivity contribution in [1.82, 2.24) is 10.2 Å². The number of rotatable bonds is 7. The summed E-state index contributed by atoms with van der Waals surface area (Å²) < 4.78 is 18.5. The average Bonchev–Trinajstić information content (AvgIpc) is 2.74. The molecular formula is C13H23ClFN3O2. The summed E-state index contributed by atoms with van der Waals surface area (Å²) in [6.45, 7) is 5.44. The summed E-state index contributed by atoms with van der Waals surface area (Å²) in [7, 11) is 0. The molecule has 0 bridgehead atoms. The van der Waals surface area contributed by atoms with Crippen molar-refractivity contribution < 1.29 is 13.9 Å². The summed E-state index contributed by atoms with van der Waals surface area (Å²) in [4.78, 5) is 13.1. The number of nitriles is 1. The number of carbonyl (C=O) groups excluding carboxylic acids is 1. The highest BCUT2D eigenvalue weighted by molar-refractivity contribution is 5.85. The van der Waals surface area contributed by atoms with Gasteiger partial charge in [0, 0.05) is 13.0 Å². The zero-order chi connectivity index (χ0) is 14.3. The second-order valence-corrected chi connectivity index (χ2v) is 4.97. The Hall–Kier alpha value is -0.900. The van der Waals surface area contributed by atoms with E-state index in [1.54, 1.807) is 0 Å². The van der Waals surface area contributed by atoms with E-state index in [4.69, 9.17) is 10.00 Å². The van der Waals surface area contributed by atoms with E-state index in [2.05, 4.69) is 5.32 Å². The SMILES string of the molecule is CC(C)OCCCNCC(=O)N1C[C@@H](F)C[C@H]1C#N.Cl. The fraction of sp³-hybridized carbons (Fsp3) is 0.846. The van der Waals surface area contributed by atoms with Gasteiger partial charge in [-0.1, -0.05) is 0 Å². The predicted molar refractivity (Wildman–Crippen MR) is 76.4 cm³/mol. The first kappa shape index (κ1) is 19.1. The highest BCUT2D eigenvalue weighted by Gasteiger charge is 2.34. The van der Waals surface area contributed by atoms with Crippen LogP contribution in [0.2, 0.25) is 0 Å². The van der Waals surface area contributed by atoms with E-state index in [0.29, 0.717) is 13.2 Å². The molecule has 20 heavy (non-hydrogen) atoms. The third-order valence-corrected chi connectivity index (χ3v) is 2.94. The molecular weight excluding hydrogens is 285 g/mol. The molecule has 0 unspecified atom stereocenters. The fourth-order valence-corrected chi connectivity index (χ4v) is 2.00. The van der Waals surface area contributed by atoms with E-state index in [0.717, 1.165) is 6.42 Å². The van der Waals surface area contributed by atoms with Gasteiger partial charge in [0.25, 0.3) is 0 Å². The number of amides is 1. The van der Waals surface area contributed by atoms with Crippen molar-refractivity contribution in [1.29, 1.82) is 5.26 Å². The molecule has 5 nitrogen and oxygen atoms in total. The van der Waals surface area contributed by atoms with Crippen LogP contribution in [0.15, 0.2) is 0 Å². The van der Waals surface area contributed by atoms with E-state index in [1.165, 1.54) is 4.90 Å². The summed E-state index contributed by atoms with van der Waals surface area (Å²) in [5, 5.41) is 11.8. The largest absolute Gasteiger partial charge is 0.379 e. The lowest BCUT2D eigenvalue weighted by atomic mass is 10.2. The molecule has 1 aliphatic rings. The summed E-state index contributed by atoms with van der Waals surface area (Å²) in [6, 6.07) is 1.35. The maximum Gasteiger partial charge on any atom is 0.237 e. The van der Waals surface area contributed by atoms with E-state index in [9.17, 15) is 9.18 Å². The normalized spacial score (nSPS) is 21.6. The van der Waals surface area contributed by atoms with Crippen LogP contribution in [-0.2, 0) is 9.53 Å². The third kappa shape index (κ3) is 6.51. The van der Waals surface area contributed by atoms with Gasteiger partial charge in [0.05, 0.1) is 25.3 Å². The molecule has 1 rings (SSSR count). The molecule has 116 valence electrons. The van der Waals surface area contributed by atoms with E-state index >= 15 is 0 Å². The Labute approximate surface area is 125 Å². The van der Waals surface area contributed by atoms with Gasteiger partial charge in [-0.05, 0) is 26.8 Å². The minimum atomic E-state index is -1.08. The lowest BCUT2D eigenvalue weighted by molar-refractivity contribution is -0.130. The van der Waals surface area contributed by atoms with Crippen molar-refractivity contribution in [3.8, 4) is 6.07 Å². The number of ether oxygens (including phenoxy) is 1. The van der Waals surface area contributed by atoms with Crippen LogP contribution in [0, 0.1) is 11.3 Å². The van der Waals surface area contributed by atoms with Gasteiger partial charge in [0.2, 0.25) is 5.91 Å². The molecule has 0 spiro atoms. The van der Waals surface area contributed by atoms with E-state index < -0.39 is 12.2 Å². The molecule has 0 radical (unpaired) electrons. The number of nitrogens with one attached hydrogen (secondary N) is 1. The Morgan fingerprint density at radius 3 is 2.90 bits per heavy atom. The number of hydrogen-bond acceptors (Lipinski definition) is 4. The molecule has 0 saturated carbocycles. The van der Waals surface area contributed by atoms with Crippen molar-refractivity contribution >= 4 is 18.3 Å². The van der Waals surface area contributed by atoms with Crippen LogP contribution >= 0.6 is 12.4 Å². The number of nitrogens with zero attached hydrogens (tertiary/aromatic N) is 2. The molecule has 0 aromatic carbocycles. The maximum atomic E-state index is 13.2. The van der Waals surface area contributed by atoms with Gasteiger partial charge >= 0.3 is 0 Å². The van der Waals surface area contributed by atoms with E-state index in [-0.39, 0.29) is 43.9 Å². The van der Waals surface area contributed by atoms with Crippen molar-refractivity contribution in [2.45, 2.75) is 45.0 Å². The van der Waals surface area contributed by atoms with Crippen molar-refractivity contribution in [2.75, 3.05) is 26.2 Å². The monoisotopic (exact) mass is 307 g/mol. The number of alkyl halides is 1. The first-order chi connectivity index (χ1) is 9.04. The minimum absolute atomic E-state index is 0. The van der Waals surface area contributed by atoms with Crippen molar-refractivity contribution in [2.24, 2.45) is 0 Å². The number of likely N-dealkylation sites (tertiary alicyclic amines) is 1. The number of carbonyl (C=O) groups is 1. The zero-order valence-electron chi connectivity index (χ0n) is 12.0. The fourth-order valence-electron chi connectivity index (χ4n) is 2.00. The van der Waals surface area contributed by atoms with Gasteiger partial charge in [-0.15, -0.1) is 12.4 Å². The van der Waals surface area contributed by atoms with Crippen LogP contribution in [0.25, 0.3) is 0 Å². The third-order valence-electron chi connectivity index (χ3n) is 2.94. The van der Waals surface area contributed by atoms with Crippen molar-refractivity contribution in [3.05, 3.63) is 0 Å². The second kappa shape index (κ2) is 9.92. The average molecular weight is 308 g/mol. The summed E-state index contributed by atoms with van der Waals surface area (Å²) >= 11 is 0. The Morgan fingerprint density at radius 2 is 2.30 bits per heavy atom. The standard InChI is InChI=1S/C13H22FN3O2.ClH/c1-10(2)19-5-3-4-16-8-13(18)17-9-11(14)6-12(17)7-15;/h10-12,16H,3-6,8-9H2,1-2H3;1H/t11-,12-;/m0./s1. The maximum absolute atomic E-state index is 13.2. The van der Waals surface area contributed by atoms with Gasteiger partial charge < -0.3 is 15.0 Å². The molecule has 2 atom stereocenters. The highest BCUT2D eigenvalue weighted by Crippen LogP contribution is 2.19. The number of halogens is 2. The van der Waals surface area contributed by atoms with Crippen LogP contribution in [-0.4, -0.2) is 55.4 Å². The van der Waals surface area contributed by atoms with Crippen molar-refractivity contribution in [3.63, 3.8) is 0 Å². The van der Waals surface area contributed by atoms with Crippen LogP contribution < -0.4 is 5.32 Å². The molecule has 1 heterocycles. The zero-order valence-corrected chi connectivity index (χ0v) is 12.8. The van der Waals surface area contributed by atoms with Crippen LogP contribution in [0.5, 0.6) is 0 Å². The molecule has 0 aliphatic carbocycles. The van der Waals surface area contributed by atoms with E-state index in [1.807, 2.05) is 19.9 Å². The quantitative estimate of drug-likeness (QED) is 0.720. The Morgan fingerprint density at radius 1 is 1.60 bits per heavy atom. The topological polar surface area (TPSA) is 65.4 Å². The molecule has 1 N–H and O–H groups in total. The van der Waals surface area contributed by atoms with Gasteiger partial charge in [-0.3, -0.25) is 4.79 Å². The minimum Gasteiger partial charge on any atom is -0.379 e. The molecule has 0 aromatic rings. The van der Waals surface area contributed by atoms with Crippen LogP contribution in [0.4, 0.5) is 4.39 Å². The first-order valence-corrected chi connectivity index (χ1v) is 6.70. The van der Waals surface area contributed by atoms with Crippen LogP contribution in [0.1, 0.15) is 26.7 Å². The Balaban J connectivity index is 0.00000361. The van der Waals surface area contributed by atoms with Gasteiger partial charge in [-0.2, -0.15) is 5.26 Å². The van der Waals surface area contributed by atoms with Gasteiger partial charge in [0.1, 0.15) is 12.2 Å². The smallest absolute Gasteiger partial charge is 0.237 e. The Kier molecular flexibility index (Phi) is 9.47. The second-order valence-electron chi connectivity index (χ2n) is 4.97. The predicted octanol–water partition coefficient (Wildman–Crippen LogP) is 1.28. The molecule has 1 saturated heterocycles. The molecule has 1 fully saturated rings. The summed E-state index contributed by atoms with van der Waals surface area (Å²) in [5.41, 5.74) is 0.